The van der Waals surface area contributed by atoms with Gasteiger partial charge in [0, 0.05) is 19.6 Å². The van der Waals surface area contributed by atoms with Gasteiger partial charge in [0.15, 0.2) is 23.1 Å². The molecule has 2 amide bonds. The number of aromatic nitrogens is 4. The number of amides is 2. The number of carbonyl (C=O) groups is 1. The van der Waals surface area contributed by atoms with Crippen molar-refractivity contribution in [3.63, 3.8) is 0 Å². The van der Waals surface area contributed by atoms with Gasteiger partial charge in [-0.3, -0.25) is 10.3 Å². The molecule has 0 bridgehead atoms. The van der Waals surface area contributed by atoms with Gasteiger partial charge in [-0.15, -0.1) is 0 Å². The van der Waals surface area contributed by atoms with Crippen molar-refractivity contribution >= 4 is 28.8 Å². The van der Waals surface area contributed by atoms with Crippen LogP contribution in [0.3, 0.4) is 0 Å². The Bertz CT molecular complexity index is 1420. The first kappa shape index (κ1) is 27.7. The maximum absolute atomic E-state index is 11.9. The van der Waals surface area contributed by atoms with Crippen LogP contribution in [0, 0.1) is 23.2 Å². The van der Waals surface area contributed by atoms with Crippen LogP contribution in [0.5, 0.6) is 0 Å². The highest BCUT2D eigenvalue weighted by atomic mass is 16.2. The van der Waals surface area contributed by atoms with Crippen molar-refractivity contribution in [3.05, 3.63) is 47.5 Å². The molecule has 1 atom stereocenters. The van der Waals surface area contributed by atoms with Crippen molar-refractivity contribution < 1.29 is 4.79 Å². The SMILES string of the molecule is CC1CCC(Cn2c(C3(c4ccccc4)CCC3)nc3nc(C(=N)N(C)C(N)=O)nc(N[C@H](C)C4CCC4)c32)CC1. The van der Waals surface area contributed by atoms with Crippen molar-refractivity contribution in [2.24, 2.45) is 23.5 Å². The monoisotopic (exact) mass is 556 g/mol. The van der Waals surface area contributed by atoms with Gasteiger partial charge in [-0.25, -0.2) is 19.7 Å². The zero-order valence-corrected chi connectivity index (χ0v) is 24.7. The summed E-state index contributed by atoms with van der Waals surface area (Å²) in [5.41, 5.74) is 8.15. The Morgan fingerprint density at radius 1 is 1.10 bits per heavy atom. The van der Waals surface area contributed by atoms with E-state index in [0.717, 1.165) is 48.0 Å². The molecule has 218 valence electrons. The van der Waals surface area contributed by atoms with Crippen LogP contribution in [0.25, 0.3) is 11.2 Å². The number of primary amides is 1. The molecule has 1 aromatic carbocycles. The van der Waals surface area contributed by atoms with Crippen molar-refractivity contribution in [3.8, 4) is 0 Å². The number of amidine groups is 1. The number of nitrogens with two attached hydrogens (primary N) is 1. The molecule has 4 N–H and O–H groups in total. The molecular formula is C32H44N8O. The minimum absolute atomic E-state index is 0.127. The van der Waals surface area contributed by atoms with Gasteiger partial charge in [0.25, 0.3) is 0 Å². The summed E-state index contributed by atoms with van der Waals surface area (Å²) in [6, 6.07) is 10.3. The smallest absolute Gasteiger partial charge is 0.320 e. The van der Waals surface area contributed by atoms with Crippen molar-refractivity contribution in [2.75, 3.05) is 12.4 Å². The first-order valence-corrected chi connectivity index (χ1v) is 15.5. The molecule has 2 aromatic heterocycles. The number of urea groups is 1. The summed E-state index contributed by atoms with van der Waals surface area (Å²) in [7, 11) is 1.48. The zero-order valence-electron chi connectivity index (χ0n) is 24.7. The first-order valence-electron chi connectivity index (χ1n) is 15.5. The molecule has 3 aliphatic carbocycles. The average molecular weight is 557 g/mol. The van der Waals surface area contributed by atoms with Crippen LogP contribution >= 0.6 is 0 Å². The maximum Gasteiger partial charge on any atom is 0.320 e. The van der Waals surface area contributed by atoms with E-state index in [9.17, 15) is 4.79 Å². The maximum atomic E-state index is 11.9. The number of benzene rings is 1. The number of nitrogens with one attached hydrogen (secondary N) is 2. The minimum atomic E-state index is -0.716. The molecule has 3 fully saturated rings. The van der Waals surface area contributed by atoms with Crippen LogP contribution in [0.1, 0.15) is 95.3 Å². The van der Waals surface area contributed by atoms with Crippen molar-refractivity contribution in [2.45, 2.75) is 96.1 Å². The van der Waals surface area contributed by atoms with Gasteiger partial charge >= 0.3 is 6.03 Å². The quantitative estimate of drug-likeness (QED) is 0.230. The van der Waals surface area contributed by atoms with E-state index in [-0.39, 0.29) is 23.1 Å². The second kappa shape index (κ2) is 11.1. The molecule has 6 rings (SSSR count). The highest BCUT2D eigenvalue weighted by Crippen LogP contribution is 2.50. The summed E-state index contributed by atoms with van der Waals surface area (Å²) in [6.45, 7) is 5.48. The molecule has 0 radical (unpaired) electrons. The largest absolute Gasteiger partial charge is 0.365 e. The van der Waals surface area contributed by atoms with Crippen molar-refractivity contribution in [1.82, 2.24) is 24.4 Å². The molecule has 9 heteroatoms. The van der Waals surface area contributed by atoms with E-state index < -0.39 is 6.03 Å². The summed E-state index contributed by atoms with van der Waals surface area (Å²) in [5.74, 6) is 3.75. The Kier molecular flexibility index (Phi) is 7.47. The van der Waals surface area contributed by atoms with E-state index in [1.54, 1.807) is 0 Å². The number of carbonyl (C=O) groups excluding carboxylic acids is 1. The van der Waals surface area contributed by atoms with E-state index >= 15 is 0 Å². The fourth-order valence-electron chi connectivity index (χ4n) is 7.02. The molecule has 3 aliphatic rings. The number of hydrogen-bond donors (Lipinski definition) is 3. The van der Waals surface area contributed by atoms with E-state index in [1.165, 1.54) is 57.6 Å². The topological polar surface area (TPSA) is 126 Å². The summed E-state index contributed by atoms with van der Waals surface area (Å²) in [4.78, 5) is 28.0. The highest BCUT2D eigenvalue weighted by molar-refractivity contribution is 6.04. The number of hydrogen-bond acceptors (Lipinski definition) is 6. The van der Waals surface area contributed by atoms with Gasteiger partial charge in [0.05, 0.1) is 5.41 Å². The molecular weight excluding hydrogens is 512 g/mol. The average Bonchev–Trinajstić information content (AvgIpc) is 3.26. The minimum Gasteiger partial charge on any atom is -0.365 e. The lowest BCUT2D eigenvalue weighted by molar-refractivity contribution is 0.235. The molecule has 0 spiro atoms. The molecule has 0 saturated heterocycles. The molecule has 41 heavy (non-hydrogen) atoms. The molecule has 0 aliphatic heterocycles. The fourth-order valence-corrected chi connectivity index (χ4v) is 7.02. The van der Waals surface area contributed by atoms with Crippen LogP contribution in [-0.2, 0) is 12.0 Å². The number of fused-ring (bicyclic) bond motifs is 1. The van der Waals surface area contributed by atoms with E-state index in [2.05, 4.69) is 54.1 Å². The third-order valence-corrected chi connectivity index (χ3v) is 10.2. The van der Waals surface area contributed by atoms with E-state index in [0.29, 0.717) is 23.3 Å². The number of nitrogens with zero attached hydrogens (tertiary/aromatic N) is 5. The van der Waals surface area contributed by atoms with Crippen molar-refractivity contribution in [1.29, 1.82) is 5.41 Å². The van der Waals surface area contributed by atoms with Gasteiger partial charge in [0.1, 0.15) is 11.3 Å². The molecule has 0 unspecified atom stereocenters. The zero-order chi connectivity index (χ0) is 28.7. The third kappa shape index (κ3) is 5.08. The van der Waals surface area contributed by atoms with Gasteiger partial charge in [-0.1, -0.05) is 62.9 Å². The molecule has 9 nitrogen and oxygen atoms in total. The van der Waals surface area contributed by atoms with Crippen LogP contribution in [0.2, 0.25) is 0 Å². The lowest BCUT2D eigenvalue weighted by Gasteiger charge is -2.42. The Hall–Kier alpha value is -3.49. The Morgan fingerprint density at radius 3 is 2.39 bits per heavy atom. The van der Waals surface area contributed by atoms with Crippen LogP contribution in [0.4, 0.5) is 10.6 Å². The predicted octanol–water partition coefficient (Wildman–Crippen LogP) is 6.06. The van der Waals surface area contributed by atoms with Gasteiger partial charge < -0.3 is 15.6 Å². The van der Waals surface area contributed by atoms with Gasteiger partial charge in [0.2, 0.25) is 0 Å². The highest BCUT2D eigenvalue weighted by Gasteiger charge is 2.45. The Morgan fingerprint density at radius 2 is 1.80 bits per heavy atom. The van der Waals surface area contributed by atoms with Gasteiger partial charge in [-0.05, 0) is 68.8 Å². The molecule has 3 saturated carbocycles. The number of rotatable bonds is 8. The van der Waals surface area contributed by atoms with Crippen LogP contribution in [-0.4, -0.2) is 49.4 Å². The first-order chi connectivity index (χ1) is 19.8. The fraction of sp³-hybridized carbons (Fsp3) is 0.594. The van der Waals surface area contributed by atoms with Gasteiger partial charge in [-0.2, -0.15) is 0 Å². The molecule has 3 aromatic rings. The predicted molar refractivity (Wildman–Crippen MR) is 162 cm³/mol. The lowest BCUT2D eigenvalue weighted by Crippen LogP contribution is -2.39. The van der Waals surface area contributed by atoms with E-state index in [1.807, 2.05) is 0 Å². The lowest BCUT2D eigenvalue weighted by atomic mass is 9.63. The summed E-state index contributed by atoms with van der Waals surface area (Å²) in [5, 5.41) is 12.4. The Balaban J connectivity index is 1.53. The second-order valence-electron chi connectivity index (χ2n) is 12.9. The molecule has 2 heterocycles. The summed E-state index contributed by atoms with van der Waals surface area (Å²) < 4.78 is 2.43. The Labute approximate surface area is 242 Å². The summed E-state index contributed by atoms with van der Waals surface area (Å²) in [6.07, 6.45) is 11.9. The second-order valence-corrected chi connectivity index (χ2v) is 12.9. The number of anilines is 1. The normalized spacial score (nSPS) is 22.9. The van der Waals surface area contributed by atoms with Crippen LogP contribution < -0.4 is 11.1 Å². The van der Waals surface area contributed by atoms with E-state index in [4.69, 9.17) is 26.1 Å². The summed E-state index contributed by atoms with van der Waals surface area (Å²) >= 11 is 0. The standard InChI is InChI=1S/C32H44N8O/c1-20-13-15-22(16-14-20)19-40-25-27(35-21(2)23-9-7-10-23)36-29(26(33)39(3)31(34)41)37-28(25)38-30(40)32(17-8-18-32)24-11-5-4-6-12-24/h4-6,11-12,20-23,33H,7-10,13-19H2,1-3H3,(H2,34,41)(H,35,36,37)/t20?,21-,22?/m1/s1. The van der Waals surface area contributed by atoms with Crippen LogP contribution in [0.15, 0.2) is 30.3 Å². The number of imidazole rings is 1. The third-order valence-electron chi connectivity index (χ3n) is 10.2.